The van der Waals surface area contributed by atoms with Crippen molar-refractivity contribution >= 4 is 23.2 Å². The zero-order valence-electron chi connectivity index (χ0n) is 9.76. The van der Waals surface area contributed by atoms with Gasteiger partial charge in [-0.15, -0.1) is 0 Å². The van der Waals surface area contributed by atoms with Gasteiger partial charge in [0.15, 0.2) is 0 Å². The van der Waals surface area contributed by atoms with E-state index in [1.54, 1.807) is 6.07 Å². The van der Waals surface area contributed by atoms with Crippen LogP contribution in [0.1, 0.15) is 20.8 Å². The number of rotatable bonds is 5. The van der Waals surface area contributed by atoms with E-state index >= 15 is 0 Å². The highest BCUT2D eigenvalue weighted by Gasteiger charge is 2.09. The molecule has 0 saturated carbocycles. The number of halogens is 2. The number of hydrogen-bond donors (Lipinski definition) is 1. The fraction of sp³-hybridized carbons (Fsp3) is 0.500. The Bertz CT molecular complexity index is 342. The van der Waals surface area contributed by atoms with Crippen molar-refractivity contribution in [2.75, 3.05) is 6.54 Å². The molecule has 0 aromatic heterocycles. The maximum atomic E-state index is 6.02. The van der Waals surface area contributed by atoms with Crippen LogP contribution in [0.5, 0.6) is 5.75 Å². The summed E-state index contributed by atoms with van der Waals surface area (Å²) >= 11 is 11.9. The van der Waals surface area contributed by atoms with E-state index < -0.39 is 0 Å². The highest BCUT2D eigenvalue weighted by atomic mass is 35.5. The van der Waals surface area contributed by atoms with Crippen molar-refractivity contribution in [3.05, 3.63) is 28.2 Å². The van der Waals surface area contributed by atoms with Gasteiger partial charge in [-0.25, -0.2) is 0 Å². The van der Waals surface area contributed by atoms with Crippen LogP contribution in [-0.2, 0) is 0 Å². The summed E-state index contributed by atoms with van der Waals surface area (Å²) in [7, 11) is 0. The first-order valence-corrected chi connectivity index (χ1v) is 6.10. The van der Waals surface area contributed by atoms with Gasteiger partial charge in [0.05, 0.1) is 5.02 Å². The fourth-order valence-electron chi connectivity index (χ4n) is 1.24. The zero-order chi connectivity index (χ0) is 12.1. The van der Waals surface area contributed by atoms with E-state index in [1.807, 2.05) is 19.1 Å². The second-order valence-corrected chi connectivity index (χ2v) is 4.83. The molecule has 0 saturated heterocycles. The summed E-state index contributed by atoms with van der Waals surface area (Å²) in [6.07, 6.45) is 0.0540. The summed E-state index contributed by atoms with van der Waals surface area (Å²) in [6, 6.07) is 5.83. The Hall–Kier alpha value is -0.440. The van der Waals surface area contributed by atoms with E-state index in [-0.39, 0.29) is 6.10 Å². The van der Waals surface area contributed by atoms with E-state index in [1.165, 1.54) is 0 Å². The molecule has 0 heterocycles. The van der Waals surface area contributed by atoms with Gasteiger partial charge in [0, 0.05) is 12.6 Å². The molecular weight excluding hydrogens is 245 g/mol. The Morgan fingerprint density at radius 3 is 2.56 bits per heavy atom. The van der Waals surface area contributed by atoms with Crippen LogP contribution in [0, 0.1) is 0 Å². The molecule has 4 heteroatoms. The Labute approximate surface area is 107 Å². The van der Waals surface area contributed by atoms with Gasteiger partial charge in [-0.2, -0.15) is 0 Å². The summed E-state index contributed by atoms with van der Waals surface area (Å²) in [6.45, 7) is 6.96. The molecule has 0 fully saturated rings. The third kappa shape index (κ3) is 4.20. The van der Waals surface area contributed by atoms with Crippen molar-refractivity contribution in [3.63, 3.8) is 0 Å². The SMILES string of the molecule is CC(C)NCC(C)Oc1cccc(Cl)c1Cl. The maximum Gasteiger partial charge on any atom is 0.139 e. The second kappa shape index (κ2) is 6.33. The molecule has 1 unspecified atom stereocenters. The monoisotopic (exact) mass is 261 g/mol. The minimum absolute atomic E-state index is 0.0540. The van der Waals surface area contributed by atoms with Crippen molar-refractivity contribution < 1.29 is 4.74 Å². The molecule has 16 heavy (non-hydrogen) atoms. The molecule has 1 rings (SSSR count). The standard InChI is InChI=1S/C12H17Cl2NO/c1-8(2)15-7-9(3)16-11-6-4-5-10(13)12(11)14/h4-6,8-9,15H,7H2,1-3H3. The lowest BCUT2D eigenvalue weighted by atomic mass is 10.3. The third-order valence-corrected chi connectivity index (χ3v) is 2.86. The summed E-state index contributed by atoms with van der Waals surface area (Å²) in [5.41, 5.74) is 0. The topological polar surface area (TPSA) is 21.3 Å². The largest absolute Gasteiger partial charge is 0.488 e. The average molecular weight is 262 g/mol. The van der Waals surface area contributed by atoms with Gasteiger partial charge in [0.25, 0.3) is 0 Å². The summed E-state index contributed by atoms with van der Waals surface area (Å²) < 4.78 is 5.70. The number of nitrogens with one attached hydrogen (secondary N) is 1. The molecule has 2 nitrogen and oxygen atoms in total. The summed E-state index contributed by atoms with van der Waals surface area (Å²) in [5.74, 6) is 0.632. The molecule has 0 aliphatic rings. The highest BCUT2D eigenvalue weighted by molar-refractivity contribution is 6.42. The Morgan fingerprint density at radius 2 is 1.94 bits per heavy atom. The molecular formula is C12H17Cl2NO. The molecule has 1 N–H and O–H groups in total. The van der Waals surface area contributed by atoms with Crippen molar-refractivity contribution in [2.45, 2.75) is 32.9 Å². The predicted octanol–water partition coefficient (Wildman–Crippen LogP) is 3.76. The number of benzene rings is 1. The van der Waals surface area contributed by atoms with Gasteiger partial charge < -0.3 is 10.1 Å². The normalized spacial score (nSPS) is 12.9. The molecule has 0 amide bonds. The van der Waals surface area contributed by atoms with E-state index in [9.17, 15) is 0 Å². The van der Waals surface area contributed by atoms with Crippen LogP contribution < -0.4 is 10.1 Å². The van der Waals surface area contributed by atoms with E-state index in [0.717, 1.165) is 6.54 Å². The van der Waals surface area contributed by atoms with E-state index in [2.05, 4.69) is 19.2 Å². The van der Waals surface area contributed by atoms with Crippen LogP contribution in [0.2, 0.25) is 10.0 Å². The second-order valence-electron chi connectivity index (χ2n) is 4.04. The van der Waals surface area contributed by atoms with Crippen LogP contribution in [-0.4, -0.2) is 18.7 Å². The van der Waals surface area contributed by atoms with Crippen LogP contribution in [0.3, 0.4) is 0 Å². The number of hydrogen-bond acceptors (Lipinski definition) is 2. The molecule has 0 bridgehead atoms. The van der Waals surface area contributed by atoms with E-state index in [0.29, 0.717) is 21.8 Å². The van der Waals surface area contributed by atoms with Gasteiger partial charge in [-0.05, 0) is 19.1 Å². The minimum Gasteiger partial charge on any atom is -0.488 e. The lowest BCUT2D eigenvalue weighted by Gasteiger charge is -2.18. The van der Waals surface area contributed by atoms with Crippen LogP contribution in [0.4, 0.5) is 0 Å². The smallest absolute Gasteiger partial charge is 0.139 e. The van der Waals surface area contributed by atoms with Crippen LogP contribution in [0.25, 0.3) is 0 Å². The molecule has 1 atom stereocenters. The van der Waals surface area contributed by atoms with Gasteiger partial charge in [-0.3, -0.25) is 0 Å². The Balaban J connectivity index is 2.56. The summed E-state index contributed by atoms with van der Waals surface area (Å²) in [5, 5.41) is 4.29. The first-order chi connectivity index (χ1) is 7.50. The quantitative estimate of drug-likeness (QED) is 0.872. The Kier molecular flexibility index (Phi) is 5.39. The predicted molar refractivity (Wildman–Crippen MR) is 69.7 cm³/mol. The van der Waals surface area contributed by atoms with Crippen molar-refractivity contribution in [1.29, 1.82) is 0 Å². The van der Waals surface area contributed by atoms with Crippen molar-refractivity contribution in [2.24, 2.45) is 0 Å². The number of ether oxygens (including phenoxy) is 1. The third-order valence-electron chi connectivity index (χ3n) is 2.06. The lowest BCUT2D eigenvalue weighted by molar-refractivity contribution is 0.214. The maximum absolute atomic E-state index is 6.02. The van der Waals surface area contributed by atoms with E-state index in [4.69, 9.17) is 27.9 Å². The van der Waals surface area contributed by atoms with Crippen LogP contribution in [0.15, 0.2) is 18.2 Å². The molecule has 0 radical (unpaired) electrons. The zero-order valence-corrected chi connectivity index (χ0v) is 11.3. The molecule has 0 aliphatic carbocycles. The molecule has 1 aromatic carbocycles. The first-order valence-electron chi connectivity index (χ1n) is 5.34. The van der Waals surface area contributed by atoms with Crippen molar-refractivity contribution in [1.82, 2.24) is 5.32 Å². The van der Waals surface area contributed by atoms with Gasteiger partial charge in [0.2, 0.25) is 0 Å². The van der Waals surface area contributed by atoms with Crippen LogP contribution >= 0.6 is 23.2 Å². The molecule has 0 aliphatic heterocycles. The van der Waals surface area contributed by atoms with Crippen molar-refractivity contribution in [3.8, 4) is 5.75 Å². The van der Waals surface area contributed by atoms with Gasteiger partial charge in [-0.1, -0.05) is 43.1 Å². The fourth-order valence-corrected chi connectivity index (χ4v) is 1.57. The Morgan fingerprint density at radius 1 is 1.25 bits per heavy atom. The van der Waals surface area contributed by atoms with Gasteiger partial charge >= 0.3 is 0 Å². The summed E-state index contributed by atoms with van der Waals surface area (Å²) in [4.78, 5) is 0. The molecule has 1 aromatic rings. The lowest BCUT2D eigenvalue weighted by Crippen LogP contribution is -2.33. The minimum atomic E-state index is 0.0540. The molecule has 90 valence electrons. The molecule has 0 spiro atoms. The average Bonchev–Trinajstić information content (AvgIpc) is 2.22. The first kappa shape index (κ1) is 13.6. The highest BCUT2D eigenvalue weighted by Crippen LogP contribution is 2.31. The van der Waals surface area contributed by atoms with Gasteiger partial charge in [0.1, 0.15) is 16.9 Å².